The second kappa shape index (κ2) is 5.40. The number of hydrogen-bond acceptors (Lipinski definition) is 4. The number of benzene rings is 1. The summed E-state index contributed by atoms with van der Waals surface area (Å²) >= 11 is 0. The number of aliphatic hydroxyl groups is 1. The van der Waals surface area contributed by atoms with Crippen molar-refractivity contribution in [1.29, 1.82) is 0 Å². The Balaban J connectivity index is 2.72. The molecule has 0 aromatic heterocycles. The largest absolute Gasteiger partial charge is 0.395 e. The van der Waals surface area contributed by atoms with Gasteiger partial charge in [-0.05, 0) is 24.7 Å². The maximum Gasteiger partial charge on any atom is 0.238 e. The van der Waals surface area contributed by atoms with E-state index in [2.05, 4.69) is 0 Å². The summed E-state index contributed by atoms with van der Waals surface area (Å²) in [5.41, 5.74) is 0.975. The van der Waals surface area contributed by atoms with Crippen LogP contribution in [0.4, 0.5) is 0 Å². The molecule has 0 spiro atoms. The molecule has 5 nitrogen and oxygen atoms in total. The van der Waals surface area contributed by atoms with Crippen LogP contribution in [0.3, 0.4) is 0 Å². The molecule has 0 aliphatic carbocycles. The second-order valence-electron chi connectivity index (χ2n) is 3.65. The molecule has 0 aliphatic heterocycles. The van der Waals surface area contributed by atoms with Gasteiger partial charge in [-0.25, -0.2) is 13.6 Å². The second-order valence-corrected chi connectivity index (χ2v) is 5.21. The molecule has 3 N–H and O–H groups in total. The Hall–Kier alpha value is -0.950. The summed E-state index contributed by atoms with van der Waals surface area (Å²) in [5.74, 6) is 0. The van der Waals surface area contributed by atoms with E-state index in [1.807, 2.05) is 11.9 Å². The first-order valence-corrected chi connectivity index (χ1v) is 6.39. The molecule has 0 saturated heterocycles. The molecule has 16 heavy (non-hydrogen) atoms. The van der Waals surface area contributed by atoms with Crippen LogP contribution < -0.4 is 5.14 Å². The van der Waals surface area contributed by atoms with Crippen LogP contribution in [0.15, 0.2) is 29.2 Å². The Morgan fingerprint density at radius 2 is 1.88 bits per heavy atom. The van der Waals surface area contributed by atoms with Crippen molar-refractivity contribution in [2.75, 3.05) is 20.2 Å². The Labute approximate surface area is 95.5 Å². The van der Waals surface area contributed by atoms with Crippen LogP contribution >= 0.6 is 0 Å². The van der Waals surface area contributed by atoms with Crippen LogP contribution in [-0.4, -0.2) is 38.6 Å². The first-order chi connectivity index (χ1) is 7.43. The molecule has 0 amide bonds. The molecule has 90 valence electrons. The summed E-state index contributed by atoms with van der Waals surface area (Å²) in [7, 11) is -1.73. The number of rotatable bonds is 5. The first-order valence-electron chi connectivity index (χ1n) is 4.84. The van der Waals surface area contributed by atoms with Crippen LogP contribution in [0.1, 0.15) is 5.56 Å². The van der Waals surface area contributed by atoms with E-state index in [9.17, 15) is 8.42 Å². The Morgan fingerprint density at radius 3 is 2.31 bits per heavy atom. The van der Waals surface area contributed by atoms with E-state index in [1.165, 1.54) is 12.1 Å². The highest BCUT2D eigenvalue weighted by molar-refractivity contribution is 7.89. The monoisotopic (exact) mass is 244 g/mol. The Kier molecular flexibility index (Phi) is 4.43. The van der Waals surface area contributed by atoms with E-state index in [0.29, 0.717) is 13.1 Å². The van der Waals surface area contributed by atoms with Gasteiger partial charge >= 0.3 is 0 Å². The SMILES string of the molecule is CN(CCO)Cc1ccc(S(N)(=O)=O)cc1. The lowest BCUT2D eigenvalue weighted by Crippen LogP contribution is -2.21. The standard InChI is InChI=1S/C10H16N2O3S/c1-12(6-7-13)8-9-2-4-10(5-3-9)16(11,14)15/h2-5,13H,6-8H2,1H3,(H2,11,14,15). The van der Waals surface area contributed by atoms with E-state index >= 15 is 0 Å². The van der Waals surface area contributed by atoms with Gasteiger partial charge in [-0.15, -0.1) is 0 Å². The lowest BCUT2D eigenvalue weighted by atomic mass is 10.2. The van der Waals surface area contributed by atoms with E-state index in [-0.39, 0.29) is 11.5 Å². The minimum atomic E-state index is -3.61. The normalized spacial score (nSPS) is 12.0. The van der Waals surface area contributed by atoms with Crippen LogP contribution in [0.5, 0.6) is 0 Å². The third-order valence-electron chi connectivity index (χ3n) is 2.19. The highest BCUT2D eigenvalue weighted by Crippen LogP contribution is 2.09. The fraction of sp³-hybridized carbons (Fsp3) is 0.400. The minimum absolute atomic E-state index is 0.103. The molecule has 0 radical (unpaired) electrons. The zero-order valence-corrected chi connectivity index (χ0v) is 9.94. The van der Waals surface area contributed by atoms with Gasteiger partial charge in [0, 0.05) is 13.1 Å². The number of primary sulfonamides is 1. The molecule has 1 aromatic carbocycles. The molecule has 6 heteroatoms. The zero-order valence-electron chi connectivity index (χ0n) is 9.13. The molecule has 1 aromatic rings. The predicted molar refractivity (Wildman–Crippen MR) is 61.2 cm³/mol. The molecule has 0 bridgehead atoms. The number of likely N-dealkylation sites (N-methyl/N-ethyl adjacent to an activating group) is 1. The number of hydrogen-bond donors (Lipinski definition) is 2. The predicted octanol–water partition coefficient (Wildman–Crippen LogP) is -0.242. The summed E-state index contributed by atoms with van der Waals surface area (Å²) in [6, 6.07) is 6.40. The maximum atomic E-state index is 11.0. The molecule has 0 saturated carbocycles. The van der Waals surface area contributed by atoms with Gasteiger partial charge in [-0.3, -0.25) is 4.90 Å². The van der Waals surface area contributed by atoms with Crippen molar-refractivity contribution < 1.29 is 13.5 Å². The van der Waals surface area contributed by atoms with Gasteiger partial charge in [-0.2, -0.15) is 0 Å². The van der Waals surface area contributed by atoms with E-state index in [4.69, 9.17) is 10.2 Å². The quantitative estimate of drug-likeness (QED) is 0.748. The molecule has 0 atom stereocenters. The minimum Gasteiger partial charge on any atom is -0.395 e. The average molecular weight is 244 g/mol. The highest BCUT2D eigenvalue weighted by atomic mass is 32.2. The number of nitrogens with zero attached hydrogens (tertiary/aromatic N) is 1. The zero-order chi connectivity index (χ0) is 12.2. The number of aliphatic hydroxyl groups excluding tert-OH is 1. The van der Waals surface area contributed by atoms with Gasteiger partial charge < -0.3 is 5.11 Å². The average Bonchev–Trinajstić information content (AvgIpc) is 2.17. The lowest BCUT2D eigenvalue weighted by molar-refractivity contribution is 0.217. The van der Waals surface area contributed by atoms with Gasteiger partial charge in [0.15, 0.2) is 0 Å². The molecule has 0 aliphatic rings. The molecule has 0 fully saturated rings. The maximum absolute atomic E-state index is 11.0. The summed E-state index contributed by atoms with van der Waals surface area (Å²) in [5, 5.41) is 13.7. The van der Waals surface area contributed by atoms with E-state index in [0.717, 1.165) is 5.56 Å². The Bertz CT molecular complexity index is 428. The van der Waals surface area contributed by atoms with Gasteiger partial charge in [-0.1, -0.05) is 12.1 Å². The van der Waals surface area contributed by atoms with Crippen LogP contribution in [-0.2, 0) is 16.6 Å². The molecular weight excluding hydrogens is 228 g/mol. The molecule has 0 heterocycles. The summed E-state index contributed by atoms with van der Waals surface area (Å²) in [6.45, 7) is 1.34. The Morgan fingerprint density at radius 1 is 1.31 bits per heavy atom. The van der Waals surface area contributed by atoms with Crippen molar-refractivity contribution >= 4 is 10.0 Å². The summed E-state index contributed by atoms with van der Waals surface area (Å²) in [6.07, 6.45) is 0. The summed E-state index contributed by atoms with van der Waals surface area (Å²) in [4.78, 5) is 2.05. The number of nitrogens with two attached hydrogens (primary N) is 1. The van der Waals surface area contributed by atoms with Crippen molar-refractivity contribution in [1.82, 2.24) is 4.90 Å². The van der Waals surface area contributed by atoms with Crippen molar-refractivity contribution in [2.24, 2.45) is 5.14 Å². The van der Waals surface area contributed by atoms with E-state index in [1.54, 1.807) is 12.1 Å². The van der Waals surface area contributed by atoms with Gasteiger partial charge in [0.05, 0.1) is 11.5 Å². The van der Waals surface area contributed by atoms with Crippen LogP contribution in [0, 0.1) is 0 Å². The molecule has 0 unspecified atom stereocenters. The van der Waals surface area contributed by atoms with Gasteiger partial charge in [0.2, 0.25) is 10.0 Å². The van der Waals surface area contributed by atoms with Crippen molar-refractivity contribution in [3.63, 3.8) is 0 Å². The highest BCUT2D eigenvalue weighted by Gasteiger charge is 2.07. The van der Waals surface area contributed by atoms with Crippen molar-refractivity contribution in [3.05, 3.63) is 29.8 Å². The fourth-order valence-corrected chi connectivity index (χ4v) is 1.86. The van der Waals surface area contributed by atoms with E-state index < -0.39 is 10.0 Å². The van der Waals surface area contributed by atoms with Gasteiger partial charge in [0.1, 0.15) is 0 Å². The fourth-order valence-electron chi connectivity index (χ4n) is 1.35. The molecule has 1 rings (SSSR count). The topological polar surface area (TPSA) is 83.6 Å². The first kappa shape index (κ1) is 13.1. The number of sulfonamides is 1. The molecular formula is C10H16N2O3S. The van der Waals surface area contributed by atoms with Crippen LogP contribution in [0.2, 0.25) is 0 Å². The van der Waals surface area contributed by atoms with Gasteiger partial charge in [0.25, 0.3) is 0 Å². The smallest absolute Gasteiger partial charge is 0.238 e. The third-order valence-corrected chi connectivity index (χ3v) is 3.12. The third kappa shape index (κ3) is 3.90. The lowest BCUT2D eigenvalue weighted by Gasteiger charge is -2.14. The van der Waals surface area contributed by atoms with Crippen molar-refractivity contribution in [3.8, 4) is 0 Å². The summed E-state index contributed by atoms with van der Waals surface area (Å²) < 4.78 is 22.0. The van der Waals surface area contributed by atoms with Crippen molar-refractivity contribution in [2.45, 2.75) is 11.4 Å². The van der Waals surface area contributed by atoms with Crippen LogP contribution in [0.25, 0.3) is 0 Å².